The molecule has 1 aromatic carbocycles. The molecular formula is C12H15ClN6OS. The first kappa shape index (κ1) is 15.7. The lowest BCUT2D eigenvalue weighted by atomic mass is 10.2. The van der Waals surface area contributed by atoms with E-state index >= 15 is 0 Å². The summed E-state index contributed by atoms with van der Waals surface area (Å²) in [6, 6.07) is 7.39. The van der Waals surface area contributed by atoms with Gasteiger partial charge in [-0.1, -0.05) is 41.6 Å². The molecule has 0 spiro atoms. The standard InChI is InChI=1S/C12H15ClN6OS/c13-10-4-2-1-3-9(10)7-15-11(20)8-21-12-16-17-18-19(12)6-5-14/h1-4H,5-8,14H2,(H,15,20). The molecule has 2 aromatic rings. The van der Waals surface area contributed by atoms with E-state index in [2.05, 4.69) is 20.8 Å². The summed E-state index contributed by atoms with van der Waals surface area (Å²) in [6.45, 7) is 1.36. The van der Waals surface area contributed by atoms with Crippen LogP contribution in [0.1, 0.15) is 5.56 Å². The minimum Gasteiger partial charge on any atom is -0.351 e. The number of halogens is 1. The van der Waals surface area contributed by atoms with E-state index in [1.807, 2.05) is 18.2 Å². The monoisotopic (exact) mass is 326 g/mol. The summed E-state index contributed by atoms with van der Waals surface area (Å²) in [7, 11) is 0. The van der Waals surface area contributed by atoms with Gasteiger partial charge in [-0.25, -0.2) is 4.68 Å². The van der Waals surface area contributed by atoms with Crippen LogP contribution in [0.15, 0.2) is 29.4 Å². The van der Waals surface area contributed by atoms with Gasteiger partial charge in [-0.15, -0.1) is 5.10 Å². The average Bonchev–Trinajstić information content (AvgIpc) is 2.92. The Bertz CT molecular complexity index is 605. The van der Waals surface area contributed by atoms with Gasteiger partial charge in [0.25, 0.3) is 0 Å². The number of carbonyl (C=O) groups excluding carboxylic acids is 1. The highest BCUT2D eigenvalue weighted by atomic mass is 35.5. The van der Waals surface area contributed by atoms with E-state index in [-0.39, 0.29) is 11.7 Å². The third-order valence-corrected chi connectivity index (χ3v) is 3.93. The van der Waals surface area contributed by atoms with Gasteiger partial charge < -0.3 is 11.1 Å². The lowest BCUT2D eigenvalue weighted by Crippen LogP contribution is -2.25. The Morgan fingerprint density at radius 3 is 3.00 bits per heavy atom. The minimum atomic E-state index is -0.109. The largest absolute Gasteiger partial charge is 0.351 e. The minimum absolute atomic E-state index is 0.109. The highest BCUT2D eigenvalue weighted by Crippen LogP contribution is 2.15. The van der Waals surface area contributed by atoms with Crippen molar-refractivity contribution in [1.82, 2.24) is 25.5 Å². The Balaban J connectivity index is 1.80. The van der Waals surface area contributed by atoms with Crippen LogP contribution in [0.4, 0.5) is 0 Å². The van der Waals surface area contributed by atoms with Crippen LogP contribution < -0.4 is 11.1 Å². The molecule has 9 heteroatoms. The molecule has 0 saturated heterocycles. The van der Waals surface area contributed by atoms with Crippen LogP contribution in [-0.2, 0) is 17.9 Å². The summed E-state index contributed by atoms with van der Waals surface area (Å²) in [4.78, 5) is 11.8. The van der Waals surface area contributed by atoms with Gasteiger partial charge in [0.15, 0.2) is 0 Å². The van der Waals surface area contributed by atoms with Crippen molar-refractivity contribution in [3.05, 3.63) is 34.9 Å². The molecule has 0 aliphatic rings. The van der Waals surface area contributed by atoms with Crippen LogP contribution in [0, 0.1) is 0 Å². The van der Waals surface area contributed by atoms with Gasteiger partial charge in [0, 0.05) is 18.1 Å². The Labute approximate surface area is 131 Å². The average molecular weight is 327 g/mol. The number of rotatable bonds is 7. The third kappa shape index (κ3) is 4.69. The van der Waals surface area contributed by atoms with Crippen molar-refractivity contribution in [2.24, 2.45) is 5.73 Å². The molecule has 3 N–H and O–H groups in total. The number of carbonyl (C=O) groups is 1. The fraction of sp³-hybridized carbons (Fsp3) is 0.333. The molecular weight excluding hydrogens is 312 g/mol. The third-order valence-electron chi connectivity index (χ3n) is 2.61. The molecule has 0 saturated carbocycles. The van der Waals surface area contributed by atoms with Crippen LogP contribution >= 0.6 is 23.4 Å². The zero-order valence-corrected chi connectivity index (χ0v) is 12.8. The van der Waals surface area contributed by atoms with E-state index < -0.39 is 0 Å². The first-order chi connectivity index (χ1) is 10.2. The molecule has 1 amide bonds. The van der Waals surface area contributed by atoms with E-state index in [0.717, 1.165) is 5.56 Å². The second-order valence-corrected chi connectivity index (χ2v) is 5.48. The Morgan fingerprint density at radius 1 is 1.43 bits per heavy atom. The van der Waals surface area contributed by atoms with Gasteiger partial charge in [-0.05, 0) is 22.1 Å². The van der Waals surface area contributed by atoms with Gasteiger partial charge >= 0.3 is 0 Å². The Hall–Kier alpha value is -1.64. The first-order valence-corrected chi connectivity index (χ1v) is 7.66. The van der Waals surface area contributed by atoms with Crippen molar-refractivity contribution >= 4 is 29.3 Å². The molecule has 0 aliphatic carbocycles. The number of nitrogens with one attached hydrogen (secondary N) is 1. The second-order valence-electron chi connectivity index (χ2n) is 4.13. The number of hydrogen-bond acceptors (Lipinski definition) is 6. The van der Waals surface area contributed by atoms with Gasteiger partial charge in [0.1, 0.15) is 0 Å². The summed E-state index contributed by atoms with van der Waals surface area (Å²) in [5, 5.41) is 15.2. The van der Waals surface area contributed by atoms with Crippen LogP contribution in [0.25, 0.3) is 0 Å². The van der Waals surface area contributed by atoms with E-state index in [1.54, 1.807) is 10.7 Å². The Morgan fingerprint density at radius 2 is 2.24 bits per heavy atom. The topological polar surface area (TPSA) is 98.7 Å². The van der Waals surface area contributed by atoms with Crippen LogP contribution in [-0.4, -0.2) is 38.4 Å². The van der Waals surface area contributed by atoms with Crippen LogP contribution in [0.5, 0.6) is 0 Å². The van der Waals surface area contributed by atoms with Crippen molar-refractivity contribution in [1.29, 1.82) is 0 Å². The number of nitrogens with two attached hydrogens (primary N) is 1. The number of hydrogen-bond donors (Lipinski definition) is 2. The molecule has 112 valence electrons. The Kier molecular flexibility index (Phi) is 5.97. The number of amides is 1. The van der Waals surface area contributed by atoms with Crippen molar-refractivity contribution in [3.8, 4) is 0 Å². The summed E-state index contributed by atoms with van der Waals surface area (Å²) in [5.74, 6) is 0.122. The van der Waals surface area contributed by atoms with Crippen molar-refractivity contribution < 1.29 is 4.79 Å². The smallest absolute Gasteiger partial charge is 0.230 e. The molecule has 0 atom stereocenters. The number of nitrogens with zero attached hydrogens (tertiary/aromatic N) is 4. The zero-order chi connectivity index (χ0) is 15.1. The number of thioether (sulfide) groups is 1. The second kappa shape index (κ2) is 7.96. The highest BCUT2D eigenvalue weighted by Gasteiger charge is 2.09. The summed E-state index contributed by atoms with van der Waals surface area (Å²) in [6.07, 6.45) is 0. The predicted molar refractivity (Wildman–Crippen MR) is 80.9 cm³/mol. The number of aromatic nitrogens is 4. The number of tetrazole rings is 1. The molecule has 0 radical (unpaired) electrons. The van der Waals surface area contributed by atoms with Gasteiger partial charge in [0.2, 0.25) is 11.1 Å². The molecule has 0 fully saturated rings. The summed E-state index contributed by atoms with van der Waals surface area (Å²) in [5.41, 5.74) is 6.33. The zero-order valence-electron chi connectivity index (χ0n) is 11.2. The van der Waals surface area contributed by atoms with Crippen molar-refractivity contribution in [3.63, 3.8) is 0 Å². The van der Waals surface area contributed by atoms with Gasteiger partial charge in [0.05, 0.1) is 12.3 Å². The quantitative estimate of drug-likeness (QED) is 0.726. The normalized spacial score (nSPS) is 10.6. The number of benzene rings is 1. The summed E-state index contributed by atoms with van der Waals surface area (Å²) < 4.78 is 1.58. The molecule has 0 unspecified atom stereocenters. The van der Waals surface area contributed by atoms with Crippen LogP contribution in [0.2, 0.25) is 5.02 Å². The van der Waals surface area contributed by atoms with Gasteiger partial charge in [-0.3, -0.25) is 4.79 Å². The molecule has 7 nitrogen and oxygen atoms in total. The van der Waals surface area contributed by atoms with Crippen molar-refractivity contribution in [2.45, 2.75) is 18.2 Å². The molecule has 2 rings (SSSR count). The maximum atomic E-state index is 11.8. The van der Waals surface area contributed by atoms with E-state index in [9.17, 15) is 4.79 Å². The van der Waals surface area contributed by atoms with E-state index in [1.165, 1.54) is 11.8 Å². The highest BCUT2D eigenvalue weighted by molar-refractivity contribution is 7.99. The summed E-state index contributed by atoms with van der Waals surface area (Å²) >= 11 is 7.29. The maximum absolute atomic E-state index is 11.8. The molecule has 21 heavy (non-hydrogen) atoms. The SMILES string of the molecule is NCCn1nnnc1SCC(=O)NCc1ccccc1Cl. The fourth-order valence-corrected chi connectivity index (χ4v) is 2.52. The van der Waals surface area contributed by atoms with Crippen molar-refractivity contribution in [2.75, 3.05) is 12.3 Å². The first-order valence-electron chi connectivity index (χ1n) is 6.30. The molecule has 0 bridgehead atoms. The van der Waals surface area contributed by atoms with E-state index in [0.29, 0.717) is 29.8 Å². The molecule has 0 aliphatic heterocycles. The maximum Gasteiger partial charge on any atom is 0.230 e. The predicted octanol–water partition coefficient (Wildman–Crippen LogP) is 0.694. The molecule has 1 heterocycles. The van der Waals surface area contributed by atoms with Crippen LogP contribution in [0.3, 0.4) is 0 Å². The molecule has 1 aromatic heterocycles. The fourth-order valence-electron chi connectivity index (χ4n) is 1.58. The van der Waals surface area contributed by atoms with E-state index in [4.69, 9.17) is 17.3 Å². The lowest BCUT2D eigenvalue weighted by molar-refractivity contribution is -0.118. The van der Waals surface area contributed by atoms with Gasteiger partial charge in [-0.2, -0.15) is 0 Å². The lowest BCUT2D eigenvalue weighted by Gasteiger charge is -2.06.